The van der Waals surface area contributed by atoms with E-state index in [1.165, 1.54) is 24.3 Å². The van der Waals surface area contributed by atoms with Crippen LogP contribution >= 0.6 is 0 Å². The molecule has 0 fully saturated rings. The minimum absolute atomic E-state index is 0.101. The van der Waals surface area contributed by atoms with Crippen LogP contribution in [0.15, 0.2) is 54.7 Å². The molecular weight excluding hydrogens is 460 g/mol. The first-order chi connectivity index (χ1) is 16.9. The van der Waals surface area contributed by atoms with Crippen LogP contribution in [0.2, 0.25) is 0 Å². The predicted octanol–water partition coefficient (Wildman–Crippen LogP) is 2.33. The molecule has 1 aliphatic heterocycles. The van der Waals surface area contributed by atoms with E-state index in [-0.39, 0.29) is 48.1 Å². The zero-order valence-corrected chi connectivity index (χ0v) is 18.0. The van der Waals surface area contributed by atoms with Gasteiger partial charge >= 0.3 is 5.97 Å². The summed E-state index contributed by atoms with van der Waals surface area (Å²) < 4.78 is 34.2. The number of nitrogens with one attached hydrogen (secondary N) is 2. The van der Waals surface area contributed by atoms with E-state index in [1.807, 2.05) is 0 Å². The van der Waals surface area contributed by atoms with Crippen LogP contribution < -0.4 is 15.4 Å². The summed E-state index contributed by atoms with van der Waals surface area (Å²) in [5.41, 5.74) is 1.05. The molecule has 2 aromatic carbocycles. The molecule has 2 N–H and O–H groups in total. The normalized spacial score (nSPS) is 12.3. The number of rotatable bonds is 6. The van der Waals surface area contributed by atoms with Crippen LogP contribution in [0.3, 0.4) is 0 Å². The van der Waals surface area contributed by atoms with E-state index < -0.39 is 23.4 Å². The highest BCUT2D eigenvalue weighted by Gasteiger charge is 2.22. The number of hydrogen-bond donors (Lipinski definition) is 2. The number of carbonyl (C=O) groups is 3. The highest BCUT2D eigenvalue weighted by atomic mass is 19.1. The maximum absolute atomic E-state index is 14.2. The molecule has 0 bridgehead atoms. The molecule has 0 saturated heterocycles. The zero-order chi connectivity index (χ0) is 24.5. The molecule has 0 spiro atoms. The van der Waals surface area contributed by atoms with Crippen LogP contribution in [-0.4, -0.2) is 32.4 Å². The van der Waals surface area contributed by atoms with Gasteiger partial charge in [-0.2, -0.15) is 5.10 Å². The number of nitrogens with zero attached hydrogens (tertiary/aromatic N) is 3. The van der Waals surface area contributed by atoms with Crippen molar-refractivity contribution in [1.82, 2.24) is 25.2 Å². The van der Waals surface area contributed by atoms with Gasteiger partial charge in [-0.25, -0.2) is 18.3 Å². The molecule has 11 heteroatoms. The molecule has 1 aliphatic rings. The highest BCUT2D eigenvalue weighted by molar-refractivity contribution is 5.98. The zero-order valence-electron chi connectivity index (χ0n) is 18.0. The van der Waals surface area contributed by atoms with E-state index in [0.717, 1.165) is 21.8 Å². The Kier molecular flexibility index (Phi) is 5.65. The summed E-state index contributed by atoms with van der Waals surface area (Å²) in [7, 11) is 0. The maximum Gasteiger partial charge on any atom is 0.315 e. The van der Waals surface area contributed by atoms with Crippen molar-refractivity contribution >= 4 is 23.4 Å². The number of benzene rings is 2. The number of esters is 1. The molecule has 4 aromatic rings. The Morgan fingerprint density at radius 1 is 1.00 bits per heavy atom. The van der Waals surface area contributed by atoms with Crippen LogP contribution in [0.25, 0.3) is 5.65 Å². The fraction of sp³-hybridized carbons (Fsp3) is 0.125. The molecule has 0 unspecified atom stereocenters. The van der Waals surface area contributed by atoms with Crippen molar-refractivity contribution in [2.75, 3.05) is 0 Å². The molecule has 2 amide bonds. The van der Waals surface area contributed by atoms with Crippen LogP contribution in [-0.2, 0) is 24.3 Å². The van der Waals surface area contributed by atoms with Gasteiger partial charge in [0.25, 0.3) is 11.8 Å². The fourth-order valence-electron chi connectivity index (χ4n) is 3.69. The molecule has 9 nitrogen and oxygen atoms in total. The average molecular weight is 477 g/mol. The van der Waals surface area contributed by atoms with Crippen LogP contribution in [0.4, 0.5) is 8.78 Å². The van der Waals surface area contributed by atoms with Gasteiger partial charge in [-0.3, -0.25) is 14.4 Å². The lowest BCUT2D eigenvalue weighted by Gasteiger charge is -2.10. The topological polar surface area (TPSA) is 115 Å². The van der Waals surface area contributed by atoms with E-state index >= 15 is 0 Å². The van der Waals surface area contributed by atoms with Gasteiger partial charge in [0.15, 0.2) is 11.5 Å². The van der Waals surface area contributed by atoms with Gasteiger partial charge in [-0.05, 0) is 23.8 Å². The average Bonchev–Trinajstić information content (AvgIpc) is 3.42. The number of aromatic nitrogens is 3. The van der Waals surface area contributed by atoms with Crippen molar-refractivity contribution in [2.45, 2.75) is 19.5 Å². The number of carbonyl (C=O) groups excluding carboxylic acids is 3. The standard InChI is InChI=1S/C24H17F2N5O4/c25-16-4-2-1-3-14(16)11-28-24(34)19-9-18(30-22-17(26)12-29-31(19)22)23(33)27-10-13-5-6-20-15(7-13)8-21(32)35-20/h1-7,9,12H,8,10-11H2,(H,27,33)(H,28,34). The summed E-state index contributed by atoms with van der Waals surface area (Å²) in [6, 6.07) is 12.2. The van der Waals surface area contributed by atoms with Crippen molar-refractivity contribution in [2.24, 2.45) is 0 Å². The number of fused-ring (bicyclic) bond motifs is 2. The summed E-state index contributed by atoms with van der Waals surface area (Å²) in [4.78, 5) is 41.0. The van der Waals surface area contributed by atoms with Gasteiger partial charge in [0.05, 0.1) is 12.6 Å². The van der Waals surface area contributed by atoms with Gasteiger partial charge < -0.3 is 15.4 Å². The number of ether oxygens (including phenoxy) is 1. The molecule has 3 heterocycles. The van der Waals surface area contributed by atoms with Crippen molar-refractivity contribution in [3.8, 4) is 5.75 Å². The molecule has 0 saturated carbocycles. The van der Waals surface area contributed by atoms with E-state index in [4.69, 9.17) is 4.74 Å². The van der Waals surface area contributed by atoms with Crippen molar-refractivity contribution < 1.29 is 27.9 Å². The summed E-state index contributed by atoms with van der Waals surface area (Å²) >= 11 is 0. The van der Waals surface area contributed by atoms with E-state index in [0.29, 0.717) is 5.75 Å². The third-order valence-electron chi connectivity index (χ3n) is 5.43. The summed E-state index contributed by atoms with van der Waals surface area (Å²) in [6.45, 7) is -0.0190. The first kappa shape index (κ1) is 22.1. The highest BCUT2D eigenvalue weighted by Crippen LogP contribution is 2.26. The van der Waals surface area contributed by atoms with E-state index in [1.54, 1.807) is 24.3 Å². The number of halogens is 2. The fourth-order valence-corrected chi connectivity index (χ4v) is 3.69. The summed E-state index contributed by atoms with van der Waals surface area (Å²) in [5, 5.41) is 9.03. The van der Waals surface area contributed by atoms with Crippen LogP contribution in [0, 0.1) is 11.6 Å². The Hall–Kier alpha value is -4.67. The lowest BCUT2D eigenvalue weighted by atomic mass is 10.1. The lowest BCUT2D eigenvalue weighted by molar-refractivity contribution is -0.131. The van der Waals surface area contributed by atoms with Gasteiger partial charge in [-0.1, -0.05) is 24.3 Å². The van der Waals surface area contributed by atoms with Crippen molar-refractivity contribution in [3.63, 3.8) is 0 Å². The monoisotopic (exact) mass is 477 g/mol. The largest absolute Gasteiger partial charge is 0.426 e. The Bertz CT molecular complexity index is 1500. The SMILES string of the molecule is O=C1Cc2cc(CNC(=O)c3cc(C(=O)NCc4ccccc4F)n4ncc(F)c4n3)ccc2O1. The van der Waals surface area contributed by atoms with Crippen molar-refractivity contribution in [3.05, 3.63) is 94.4 Å². The number of amides is 2. The van der Waals surface area contributed by atoms with Gasteiger partial charge in [0.2, 0.25) is 0 Å². The van der Waals surface area contributed by atoms with Crippen LogP contribution in [0.1, 0.15) is 37.7 Å². The molecule has 35 heavy (non-hydrogen) atoms. The Balaban J connectivity index is 1.35. The Labute approximate surface area is 196 Å². The van der Waals surface area contributed by atoms with Gasteiger partial charge in [0, 0.05) is 30.3 Å². The summed E-state index contributed by atoms with van der Waals surface area (Å²) in [5.74, 6) is -2.50. The predicted molar refractivity (Wildman–Crippen MR) is 117 cm³/mol. The molecule has 5 rings (SSSR count). The third kappa shape index (κ3) is 4.43. The number of hydrogen-bond acceptors (Lipinski definition) is 6. The molecule has 0 aliphatic carbocycles. The quantitative estimate of drug-likeness (QED) is 0.326. The van der Waals surface area contributed by atoms with Gasteiger partial charge in [0.1, 0.15) is 23.0 Å². The Morgan fingerprint density at radius 3 is 2.63 bits per heavy atom. The second kappa shape index (κ2) is 8.93. The minimum atomic E-state index is -0.814. The molecule has 0 radical (unpaired) electrons. The van der Waals surface area contributed by atoms with Crippen molar-refractivity contribution in [1.29, 1.82) is 0 Å². The second-order valence-electron chi connectivity index (χ2n) is 7.80. The van der Waals surface area contributed by atoms with E-state index in [2.05, 4.69) is 20.7 Å². The second-order valence-corrected chi connectivity index (χ2v) is 7.80. The maximum atomic E-state index is 14.2. The minimum Gasteiger partial charge on any atom is -0.426 e. The Morgan fingerprint density at radius 2 is 1.80 bits per heavy atom. The molecule has 2 aromatic heterocycles. The first-order valence-corrected chi connectivity index (χ1v) is 10.6. The molecule has 0 atom stereocenters. The smallest absolute Gasteiger partial charge is 0.315 e. The van der Waals surface area contributed by atoms with Crippen LogP contribution in [0.5, 0.6) is 5.75 Å². The molecule has 176 valence electrons. The third-order valence-corrected chi connectivity index (χ3v) is 5.43. The lowest BCUT2D eigenvalue weighted by Crippen LogP contribution is -2.28. The summed E-state index contributed by atoms with van der Waals surface area (Å²) in [6.07, 6.45) is 1.03. The molecular formula is C24H17F2N5O4. The van der Waals surface area contributed by atoms with Gasteiger partial charge in [-0.15, -0.1) is 0 Å². The van der Waals surface area contributed by atoms with E-state index in [9.17, 15) is 23.2 Å². The first-order valence-electron chi connectivity index (χ1n) is 10.6.